The molecule has 1 fully saturated rings. The minimum atomic E-state index is 0.0997. The van der Waals surface area contributed by atoms with Gasteiger partial charge in [-0.05, 0) is 38.0 Å². The van der Waals surface area contributed by atoms with Crippen LogP contribution in [0.4, 0.5) is 0 Å². The summed E-state index contributed by atoms with van der Waals surface area (Å²) in [4.78, 5) is 2.49. The standard InChI is InChI=1S/C15H23BrN2O/c1-11(9-13-3-5-14(16)6-4-13)18-7-8-19-15(10-18)12(2)17/h3-6,11-12,15H,7-10,17H2,1-2H3. The van der Waals surface area contributed by atoms with Gasteiger partial charge in [0.15, 0.2) is 0 Å². The number of halogens is 1. The fraction of sp³-hybridized carbons (Fsp3) is 0.600. The number of hydrogen-bond acceptors (Lipinski definition) is 3. The van der Waals surface area contributed by atoms with E-state index in [1.165, 1.54) is 5.56 Å². The molecule has 1 aromatic rings. The van der Waals surface area contributed by atoms with E-state index in [1.54, 1.807) is 0 Å². The lowest BCUT2D eigenvalue weighted by atomic mass is 10.0. The van der Waals surface area contributed by atoms with Gasteiger partial charge in [0.05, 0.1) is 12.7 Å². The average Bonchev–Trinajstić information content (AvgIpc) is 2.41. The molecule has 1 aliphatic rings. The van der Waals surface area contributed by atoms with Crippen LogP contribution in [-0.2, 0) is 11.2 Å². The predicted molar refractivity (Wildman–Crippen MR) is 82.3 cm³/mol. The molecule has 2 rings (SSSR count). The number of morpholine rings is 1. The Hall–Kier alpha value is -0.420. The number of benzene rings is 1. The lowest BCUT2D eigenvalue weighted by Crippen LogP contribution is -2.52. The van der Waals surface area contributed by atoms with Gasteiger partial charge in [0, 0.05) is 29.6 Å². The van der Waals surface area contributed by atoms with Gasteiger partial charge in [-0.25, -0.2) is 0 Å². The Labute approximate surface area is 124 Å². The summed E-state index contributed by atoms with van der Waals surface area (Å²) in [6, 6.07) is 9.20. The van der Waals surface area contributed by atoms with Gasteiger partial charge in [-0.1, -0.05) is 28.1 Å². The average molecular weight is 327 g/mol. The van der Waals surface area contributed by atoms with E-state index < -0.39 is 0 Å². The van der Waals surface area contributed by atoms with Gasteiger partial charge in [0.1, 0.15) is 0 Å². The van der Waals surface area contributed by atoms with Crippen LogP contribution >= 0.6 is 15.9 Å². The molecule has 1 aliphatic heterocycles. The molecule has 0 spiro atoms. The molecule has 3 atom stereocenters. The van der Waals surface area contributed by atoms with Crippen LogP contribution in [0.5, 0.6) is 0 Å². The van der Waals surface area contributed by atoms with Crippen molar-refractivity contribution >= 4 is 15.9 Å². The number of nitrogens with two attached hydrogens (primary N) is 1. The fourth-order valence-electron chi connectivity index (χ4n) is 2.51. The van der Waals surface area contributed by atoms with E-state index in [0.29, 0.717) is 6.04 Å². The predicted octanol–water partition coefficient (Wildman–Crippen LogP) is 2.43. The molecule has 106 valence electrons. The number of nitrogens with zero attached hydrogens (tertiary/aromatic N) is 1. The zero-order chi connectivity index (χ0) is 13.8. The molecule has 0 bridgehead atoms. The van der Waals surface area contributed by atoms with Gasteiger partial charge in [-0.3, -0.25) is 4.90 Å². The summed E-state index contributed by atoms with van der Waals surface area (Å²) in [5.74, 6) is 0. The molecule has 4 heteroatoms. The molecule has 1 saturated heterocycles. The van der Waals surface area contributed by atoms with Crippen molar-refractivity contribution in [1.29, 1.82) is 0 Å². The van der Waals surface area contributed by atoms with Crippen LogP contribution in [0.15, 0.2) is 28.7 Å². The van der Waals surface area contributed by atoms with Crippen LogP contribution in [0.25, 0.3) is 0 Å². The van der Waals surface area contributed by atoms with Crippen molar-refractivity contribution in [2.24, 2.45) is 5.73 Å². The maximum Gasteiger partial charge on any atom is 0.0850 e. The van der Waals surface area contributed by atoms with Crippen LogP contribution in [-0.4, -0.2) is 42.8 Å². The summed E-state index contributed by atoms with van der Waals surface area (Å²) < 4.78 is 6.84. The highest BCUT2D eigenvalue weighted by Gasteiger charge is 2.26. The van der Waals surface area contributed by atoms with Crippen molar-refractivity contribution in [3.05, 3.63) is 34.3 Å². The molecule has 2 N–H and O–H groups in total. The van der Waals surface area contributed by atoms with Crippen LogP contribution in [0.2, 0.25) is 0 Å². The van der Waals surface area contributed by atoms with Crippen LogP contribution in [0.3, 0.4) is 0 Å². The van der Waals surface area contributed by atoms with E-state index in [4.69, 9.17) is 10.5 Å². The Balaban J connectivity index is 1.92. The second-order valence-corrected chi connectivity index (χ2v) is 6.36. The molecule has 3 nitrogen and oxygen atoms in total. The first kappa shape index (κ1) is 15.0. The highest BCUT2D eigenvalue weighted by Crippen LogP contribution is 2.16. The highest BCUT2D eigenvalue weighted by atomic mass is 79.9. The van der Waals surface area contributed by atoms with Crippen molar-refractivity contribution in [2.45, 2.75) is 38.5 Å². The molecule has 3 unspecified atom stereocenters. The van der Waals surface area contributed by atoms with Gasteiger partial charge in [0.2, 0.25) is 0 Å². The van der Waals surface area contributed by atoms with Gasteiger partial charge in [-0.15, -0.1) is 0 Å². The van der Waals surface area contributed by atoms with Crippen molar-refractivity contribution in [1.82, 2.24) is 4.90 Å². The van der Waals surface area contributed by atoms with Gasteiger partial charge < -0.3 is 10.5 Å². The summed E-state index contributed by atoms with van der Waals surface area (Å²) in [6.45, 7) is 7.03. The molecular weight excluding hydrogens is 304 g/mol. The van der Waals surface area contributed by atoms with Gasteiger partial charge in [0.25, 0.3) is 0 Å². The third-order valence-electron chi connectivity index (χ3n) is 3.78. The minimum Gasteiger partial charge on any atom is -0.374 e. The van der Waals surface area contributed by atoms with Crippen LogP contribution < -0.4 is 5.73 Å². The second-order valence-electron chi connectivity index (χ2n) is 5.44. The Morgan fingerprint density at radius 1 is 1.37 bits per heavy atom. The normalized spacial score (nSPS) is 24.1. The number of ether oxygens (including phenoxy) is 1. The zero-order valence-corrected chi connectivity index (χ0v) is 13.3. The molecule has 0 aromatic heterocycles. The third kappa shape index (κ3) is 4.28. The molecule has 0 saturated carbocycles. The monoisotopic (exact) mass is 326 g/mol. The third-order valence-corrected chi connectivity index (χ3v) is 4.31. The van der Waals surface area contributed by atoms with E-state index in [2.05, 4.69) is 52.0 Å². The zero-order valence-electron chi connectivity index (χ0n) is 11.7. The smallest absolute Gasteiger partial charge is 0.0850 e. The van der Waals surface area contributed by atoms with E-state index in [-0.39, 0.29) is 12.1 Å². The molecule has 0 radical (unpaired) electrons. The molecule has 1 heterocycles. The van der Waals surface area contributed by atoms with Gasteiger partial charge >= 0.3 is 0 Å². The maximum absolute atomic E-state index is 5.94. The van der Waals surface area contributed by atoms with E-state index >= 15 is 0 Å². The summed E-state index contributed by atoms with van der Waals surface area (Å²) >= 11 is 3.47. The van der Waals surface area contributed by atoms with E-state index in [0.717, 1.165) is 30.6 Å². The topological polar surface area (TPSA) is 38.5 Å². The Morgan fingerprint density at radius 3 is 2.68 bits per heavy atom. The number of hydrogen-bond donors (Lipinski definition) is 1. The quantitative estimate of drug-likeness (QED) is 0.923. The molecule has 0 amide bonds. The van der Waals surface area contributed by atoms with E-state index in [1.807, 2.05) is 6.92 Å². The lowest BCUT2D eigenvalue weighted by molar-refractivity contribution is -0.0492. The number of rotatable bonds is 4. The summed E-state index contributed by atoms with van der Waals surface area (Å²) in [5.41, 5.74) is 7.32. The maximum atomic E-state index is 5.94. The fourth-order valence-corrected chi connectivity index (χ4v) is 2.77. The van der Waals surface area contributed by atoms with E-state index in [9.17, 15) is 0 Å². The van der Waals surface area contributed by atoms with Crippen LogP contribution in [0.1, 0.15) is 19.4 Å². The minimum absolute atomic E-state index is 0.0997. The summed E-state index contributed by atoms with van der Waals surface area (Å²) in [6.07, 6.45) is 1.24. The Morgan fingerprint density at radius 2 is 2.05 bits per heavy atom. The second kappa shape index (κ2) is 6.84. The van der Waals surface area contributed by atoms with Crippen LogP contribution in [0, 0.1) is 0 Å². The largest absolute Gasteiger partial charge is 0.374 e. The SMILES string of the molecule is CC(N)C1CN(C(C)Cc2ccc(Br)cc2)CCO1. The van der Waals surface area contributed by atoms with Crippen molar-refractivity contribution in [3.8, 4) is 0 Å². The molecule has 19 heavy (non-hydrogen) atoms. The lowest BCUT2D eigenvalue weighted by Gasteiger charge is -2.38. The first-order valence-electron chi connectivity index (χ1n) is 6.92. The molecule has 0 aliphatic carbocycles. The highest BCUT2D eigenvalue weighted by molar-refractivity contribution is 9.10. The van der Waals surface area contributed by atoms with Crippen molar-refractivity contribution in [3.63, 3.8) is 0 Å². The summed E-state index contributed by atoms with van der Waals surface area (Å²) in [5, 5.41) is 0. The van der Waals surface area contributed by atoms with Crippen molar-refractivity contribution in [2.75, 3.05) is 19.7 Å². The first-order chi connectivity index (χ1) is 9.06. The summed E-state index contributed by atoms with van der Waals surface area (Å²) in [7, 11) is 0. The molecular formula is C15H23BrN2O. The van der Waals surface area contributed by atoms with Crippen molar-refractivity contribution < 1.29 is 4.74 Å². The first-order valence-corrected chi connectivity index (χ1v) is 7.71. The Kier molecular flexibility index (Phi) is 5.39. The molecule has 1 aromatic carbocycles. The Bertz CT molecular complexity index is 394. The van der Waals surface area contributed by atoms with Gasteiger partial charge in [-0.2, -0.15) is 0 Å².